The molecule has 0 nitrogen and oxygen atoms in total. The first kappa shape index (κ1) is 23.1. The minimum absolute atomic E-state index is 0.274. The van der Waals surface area contributed by atoms with Gasteiger partial charge in [0.2, 0.25) is 0 Å². The second-order valence-electron chi connectivity index (χ2n) is 7.41. The Labute approximate surface area is 155 Å². The average molecular weight is 443 g/mol. The minimum Gasteiger partial charge on any atom is -0.193 e. The fourth-order valence-electron chi connectivity index (χ4n) is 2.99. The first-order valence-corrected chi connectivity index (χ1v) is 15.1. The third-order valence-corrected chi connectivity index (χ3v) is 7.06. The summed E-state index contributed by atoms with van der Waals surface area (Å²) >= 11 is 2.66. The van der Waals surface area contributed by atoms with Gasteiger partial charge in [-0.15, -0.1) is 0 Å². The van der Waals surface area contributed by atoms with E-state index in [1.165, 1.54) is 108 Å². The Bertz CT molecular complexity index is 210. The van der Waals surface area contributed by atoms with Gasteiger partial charge in [0.1, 0.15) is 0 Å². The quantitative estimate of drug-likeness (QED) is 0.156. The minimum atomic E-state index is -0.274. The Kier molecular flexibility index (Phi) is 17.8. The SMILES string of the molecule is CCCCCCCCCCCCCCCCCCS(C)(C)I. The number of halogens is 1. The van der Waals surface area contributed by atoms with Crippen molar-refractivity contribution in [2.24, 2.45) is 0 Å². The van der Waals surface area contributed by atoms with Crippen LogP contribution >= 0.6 is 28.4 Å². The molecule has 0 aliphatic rings. The zero-order valence-corrected chi connectivity index (χ0v) is 18.8. The van der Waals surface area contributed by atoms with Crippen LogP contribution in [-0.2, 0) is 0 Å². The third kappa shape index (κ3) is 21.1. The van der Waals surface area contributed by atoms with Crippen molar-refractivity contribution in [1.82, 2.24) is 0 Å². The Morgan fingerprint density at radius 3 is 1.05 bits per heavy atom. The highest BCUT2D eigenvalue weighted by atomic mass is 127. The smallest absolute Gasteiger partial charge is 0.0149 e. The molecule has 0 unspecified atom stereocenters. The van der Waals surface area contributed by atoms with Gasteiger partial charge >= 0.3 is 0 Å². The molecule has 0 radical (unpaired) electrons. The van der Waals surface area contributed by atoms with Crippen LogP contribution in [0.2, 0.25) is 0 Å². The number of rotatable bonds is 17. The molecular formula is C20H43IS. The molecule has 0 aliphatic heterocycles. The summed E-state index contributed by atoms with van der Waals surface area (Å²) in [5.74, 6) is 1.46. The fraction of sp³-hybridized carbons (Fsp3) is 1.00. The summed E-state index contributed by atoms with van der Waals surface area (Å²) in [6, 6.07) is 0. The van der Waals surface area contributed by atoms with E-state index in [0.717, 1.165) is 0 Å². The molecule has 0 N–H and O–H groups in total. The predicted molar refractivity (Wildman–Crippen MR) is 118 cm³/mol. The van der Waals surface area contributed by atoms with Gasteiger partial charge in [-0.2, -0.15) is 7.20 Å². The molecule has 22 heavy (non-hydrogen) atoms. The van der Waals surface area contributed by atoms with Crippen molar-refractivity contribution in [2.45, 2.75) is 110 Å². The molecule has 0 aromatic carbocycles. The van der Waals surface area contributed by atoms with E-state index < -0.39 is 0 Å². The van der Waals surface area contributed by atoms with E-state index >= 15 is 0 Å². The molecule has 0 aromatic rings. The largest absolute Gasteiger partial charge is 0.193 e. The molecule has 0 saturated heterocycles. The van der Waals surface area contributed by atoms with Crippen molar-refractivity contribution < 1.29 is 0 Å². The van der Waals surface area contributed by atoms with Crippen molar-refractivity contribution in [3.05, 3.63) is 0 Å². The Balaban J connectivity index is 3.00. The highest BCUT2D eigenvalue weighted by Gasteiger charge is 2.04. The lowest BCUT2D eigenvalue weighted by molar-refractivity contribution is 0.531. The maximum Gasteiger partial charge on any atom is -0.0149 e. The van der Waals surface area contributed by atoms with Crippen molar-refractivity contribution in [2.75, 3.05) is 18.3 Å². The molecule has 0 bridgehead atoms. The summed E-state index contributed by atoms with van der Waals surface area (Å²) in [6.45, 7) is 2.30. The predicted octanol–water partition coefficient (Wildman–Crippen LogP) is 8.66. The molecular weight excluding hydrogens is 399 g/mol. The maximum atomic E-state index is 2.66. The summed E-state index contributed by atoms with van der Waals surface area (Å²) in [6.07, 6.45) is 28.4. The van der Waals surface area contributed by atoms with Crippen LogP contribution in [0.4, 0.5) is 0 Å². The standard InChI is InChI=1S/C20H43IS/c1-4-5-6-7-8-9-10-11-12-13-14-15-16-17-18-19-20-22(2,3)21/h4-20H2,1-3H3. The van der Waals surface area contributed by atoms with E-state index in [2.05, 4.69) is 40.6 Å². The zero-order valence-electron chi connectivity index (χ0n) is 15.8. The highest BCUT2D eigenvalue weighted by molar-refractivity contribution is 14.2. The topological polar surface area (TPSA) is 0 Å². The van der Waals surface area contributed by atoms with Gasteiger partial charge in [-0.25, -0.2) is 0 Å². The van der Waals surface area contributed by atoms with Crippen molar-refractivity contribution >= 4 is 28.4 Å². The van der Waals surface area contributed by atoms with Crippen LogP contribution in [0.1, 0.15) is 110 Å². The highest BCUT2D eigenvalue weighted by Crippen LogP contribution is 2.49. The van der Waals surface area contributed by atoms with Crippen LogP contribution in [0.25, 0.3) is 0 Å². The maximum absolute atomic E-state index is 2.66. The van der Waals surface area contributed by atoms with Crippen LogP contribution in [0.15, 0.2) is 0 Å². The van der Waals surface area contributed by atoms with Crippen molar-refractivity contribution in [1.29, 1.82) is 0 Å². The van der Waals surface area contributed by atoms with Crippen LogP contribution in [0, 0.1) is 0 Å². The first-order chi connectivity index (χ1) is 10.6. The molecule has 0 aromatic heterocycles. The van der Waals surface area contributed by atoms with E-state index in [-0.39, 0.29) is 7.20 Å². The third-order valence-electron chi connectivity index (χ3n) is 4.48. The summed E-state index contributed by atoms with van der Waals surface area (Å²) < 4.78 is 0. The zero-order chi connectivity index (χ0) is 16.5. The summed E-state index contributed by atoms with van der Waals surface area (Å²) in [7, 11) is -0.274. The normalized spacial score (nSPS) is 12.7. The van der Waals surface area contributed by atoms with E-state index in [1.54, 1.807) is 0 Å². The van der Waals surface area contributed by atoms with Crippen LogP contribution in [0.5, 0.6) is 0 Å². The molecule has 2 heteroatoms. The molecule has 0 heterocycles. The molecule has 0 spiro atoms. The Hall–Kier alpha value is 1.08. The van der Waals surface area contributed by atoms with Gasteiger partial charge in [0, 0.05) is 0 Å². The molecule has 0 aliphatic carbocycles. The van der Waals surface area contributed by atoms with Gasteiger partial charge in [0.25, 0.3) is 0 Å². The summed E-state index contributed by atoms with van der Waals surface area (Å²) in [4.78, 5) is 0. The molecule has 0 saturated carbocycles. The van der Waals surface area contributed by atoms with Gasteiger partial charge < -0.3 is 0 Å². The van der Waals surface area contributed by atoms with Crippen LogP contribution < -0.4 is 0 Å². The van der Waals surface area contributed by atoms with E-state index in [0.29, 0.717) is 0 Å². The van der Waals surface area contributed by atoms with E-state index in [1.807, 2.05) is 0 Å². The van der Waals surface area contributed by atoms with Gasteiger partial charge in [0.15, 0.2) is 0 Å². The van der Waals surface area contributed by atoms with Crippen LogP contribution in [-0.4, -0.2) is 18.3 Å². The Morgan fingerprint density at radius 1 is 0.500 bits per heavy atom. The number of hydrogen-bond acceptors (Lipinski definition) is 0. The van der Waals surface area contributed by atoms with Gasteiger partial charge in [-0.3, -0.25) is 0 Å². The van der Waals surface area contributed by atoms with Gasteiger partial charge in [0.05, 0.1) is 0 Å². The monoisotopic (exact) mass is 442 g/mol. The number of hydrogen-bond donors (Lipinski definition) is 0. The lowest BCUT2D eigenvalue weighted by Crippen LogP contribution is -1.92. The fourth-order valence-corrected chi connectivity index (χ4v) is 4.82. The average Bonchev–Trinajstić information content (AvgIpc) is 2.45. The van der Waals surface area contributed by atoms with Gasteiger partial charge in [-0.1, -0.05) is 103 Å². The lowest BCUT2D eigenvalue weighted by atomic mass is 10.0. The molecule has 0 amide bonds. The molecule has 0 fully saturated rings. The van der Waals surface area contributed by atoms with Crippen molar-refractivity contribution in [3.63, 3.8) is 0 Å². The molecule has 0 rings (SSSR count). The second-order valence-corrected chi connectivity index (χ2v) is 17.8. The summed E-state index contributed by atoms with van der Waals surface area (Å²) in [5.41, 5.74) is 0. The van der Waals surface area contributed by atoms with Crippen molar-refractivity contribution in [3.8, 4) is 0 Å². The number of unbranched alkanes of at least 4 members (excludes halogenated alkanes) is 15. The van der Waals surface area contributed by atoms with Gasteiger partial charge in [-0.05, 0) is 45.9 Å². The lowest BCUT2D eigenvalue weighted by Gasteiger charge is -2.21. The molecule has 136 valence electrons. The van der Waals surface area contributed by atoms with Crippen LogP contribution in [0.3, 0.4) is 0 Å². The van der Waals surface area contributed by atoms with E-state index in [9.17, 15) is 0 Å². The molecule has 0 atom stereocenters. The summed E-state index contributed by atoms with van der Waals surface area (Å²) in [5, 5.41) is 0. The second kappa shape index (κ2) is 16.9. The van der Waals surface area contributed by atoms with E-state index in [4.69, 9.17) is 0 Å². The first-order valence-electron chi connectivity index (χ1n) is 9.97. The Morgan fingerprint density at radius 2 is 0.773 bits per heavy atom.